The maximum Gasteiger partial charge on any atom is 0.143 e. The predicted octanol–water partition coefficient (Wildman–Crippen LogP) is 1.31. The first-order valence-corrected chi connectivity index (χ1v) is 5.89. The van der Waals surface area contributed by atoms with E-state index in [0.717, 1.165) is 29.2 Å². The Balaban J connectivity index is 1.68. The van der Waals surface area contributed by atoms with Crippen molar-refractivity contribution in [2.75, 3.05) is 5.32 Å². The van der Waals surface area contributed by atoms with Gasteiger partial charge >= 0.3 is 0 Å². The second kappa shape index (κ2) is 4.89. The molecule has 2 heterocycles. The zero-order chi connectivity index (χ0) is 13.1. The molecule has 1 aromatic carbocycles. The van der Waals surface area contributed by atoms with Crippen LogP contribution in [-0.2, 0) is 6.54 Å². The van der Waals surface area contributed by atoms with Gasteiger partial charge in [-0.1, -0.05) is 0 Å². The molecule has 0 bridgehead atoms. The van der Waals surface area contributed by atoms with E-state index in [0.29, 0.717) is 0 Å². The third kappa shape index (κ3) is 2.44. The molecule has 0 fully saturated rings. The third-order valence-corrected chi connectivity index (χ3v) is 2.90. The predicted molar refractivity (Wildman–Crippen MR) is 69.8 cm³/mol. The molecule has 0 saturated carbocycles. The molecule has 0 amide bonds. The number of rotatable bonds is 4. The highest BCUT2D eigenvalue weighted by molar-refractivity contribution is 5.48. The van der Waals surface area contributed by atoms with E-state index in [-0.39, 0.29) is 0 Å². The first-order valence-electron chi connectivity index (χ1n) is 5.89. The van der Waals surface area contributed by atoms with Gasteiger partial charge in [0.15, 0.2) is 0 Å². The van der Waals surface area contributed by atoms with Gasteiger partial charge in [-0.05, 0) is 41.6 Å². The molecule has 0 spiro atoms. The summed E-state index contributed by atoms with van der Waals surface area (Å²) in [7, 11) is 0. The number of hydrogen-bond donors (Lipinski definition) is 2. The number of nitrogens with one attached hydrogen (secondary N) is 2. The van der Waals surface area contributed by atoms with Gasteiger partial charge < -0.3 is 5.32 Å². The molecule has 3 rings (SSSR count). The van der Waals surface area contributed by atoms with Crippen LogP contribution in [0.4, 0.5) is 5.69 Å². The smallest absolute Gasteiger partial charge is 0.143 e. The number of nitrogens with zero attached hydrogens (tertiary/aromatic N) is 5. The Bertz CT molecular complexity index is 639. The van der Waals surface area contributed by atoms with Crippen LogP contribution in [0.3, 0.4) is 0 Å². The van der Waals surface area contributed by atoms with Crippen molar-refractivity contribution in [2.24, 2.45) is 0 Å². The fourth-order valence-electron chi connectivity index (χ4n) is 1.76. The monoisotopic (exact) mass is 255 g/mol. The average Bonchev–Trinajstić information content (AvgIpc) is 3.09. The molecule has 0 aliphatic rings. The second-order valence-electron chi connectivity index (χ2n) is 4.18. The summed E-state index contributed by atoms with van der Waals surface area (Å²) in [4.78, 5) is 0. The first kappa shape index (κ1) is 11.4. The molecule has 0 aliphatic heterocycles. The zero-order valence-corrected chi connectivity index (χ0v) is 10.4. The quantitative estimate of drug-likeness (QED) is 0.734. The SMILES string of the molecule is Cc1[nH]ncc1CNc1ccc(-n2cnnn2)cc1. The summed E-state index contributed by atoms with van der Waals surface area (Å²) < 4.78 is 1.62. The summed E-state index contributed by atoms with van der Waals surface area (Å²) >= 11 is 0. The fraction of sp³-hybridized carbons (Fsp3) is 0.167. The number of aromatic amines is 1. The van der Waals surface area contributed by atoms with E-state index in [1.54, 1.807) is 11.0 Å². The van der Waals surface area contributed by atoms with Gasteiger partial charge in [0, 0.05) is 23.5 Å². The van der Waals surface area contributed by atoms with Crippen molar-refractivity contribution < 1.29 is 0 Å². The van der Waals surface area contributed by atoms with Crippen LogP contribution in [0.15, 0.2) is 36.8 Å². The average molecular weight is 255 g/mol. The Morgan fingerprint density at radius 3 is 2.74 bits per heavy atom. The van der Waals surface area contributed by atoms with E-state index >= 15 is 0 Å². The Morgan fingerprint density at radius 1 is 1.26 bits per heavy atom. The molecule has 0 saturated heterocycles. The van der Waals surface area contributed by atoms with Crippen molar-refractivity contribution >= 4 is 5.69 Å². The van der Waals surface area contributed by atoms with Gasteiger partial charge in [0.1, 0.15) is 6.33 Å². The summed E-state index contributed by atoms with van der Waals surface area (Å²) in [5.74, 6) is 0. The molecule has 3 aromatic rings. The maximum absolute atomic E-state index is 3.99. The topological polar surface area (TPSA) is 84.3 Å². The van der Waals surface area contributed by atoms with Gasteiger partial charge in [0.25, 0.3) is 0 Å². The first-order chi connectivity index (χ1) is 9.33. The zero-order valence-electron chi connectivity index (χ0n) is 10.4. The number of benzene rings is 1. The van der Waals surface area contributed by atoms with Crippen molar-refractivity contribution in [1.82, 2.24) is 30.4 Å². The molecule has 0 unspecified atom stereocenters. The molecule has 19 heavy (non-hydrogen) atoms. The van der Waals surface area contributed by atoms with Crippen molar-refractivity contribution in [3.63, 3.8) is 0 Å². The second-order valence-corrected chi connectivity index (χ2v) is 4.18. The molecule has 0 atom stereocenters. The summed E-state index contributed by atoms with van der Waals surface area (Å²) in [6.45, 7) is 2.75. The van der Waals surface area contributed by atoms with Gasteiger partial charge in [0.05, 0.1) is 11.9 Å². The van der Waals surface area contributed by atoms with Gasteiger partial charge in [-0.15, -0.1) is 5.10 Å². The van der Waals surface area contributed by atoms with Crippen LogP contribution in [0.1, 0.15) is 11.3 Å². The molecule has 0 radical (unpaired) electrons. The molecule has 2 N–H and O–H groups in total. The maximum atomic E-state index is 3.99. The van der Waals surface area contributed by atoms with Crippen LogP contribution in [-0.4, -0.2) is 30.4 Å². The third-order valence-electron chi connectivity index (χ3n) is 2.90. The lowest BCUT2D eigenvalue weighted by atomic mass is 10.2. The Kier molecular flexibility index (Phi) is 2.93. The van der Waals surface area contributed by atoms with Gasteiger partial charge in [-0.2, -0.15) is 5.10 Å². The largest absolute Gasteiger partial charge is 0.381 e. The van der Waals surface area contributed by atoms with E-state index in [2.05, 4.69) is 31.0 Å². The highest BCUT2D eigenvalue weighted by atomic mass is 15.5. The highest BCUT2D eigenvalue weighted by Crippen LogP contribution is 2.13. The van der Waals surface area contributed by atoms with E-state index in [4.69, 9.17) is 0 Å². The van der Waals surface area contributed by atoms with E-state index in [9.17, 15) is 0 Å². The van der Waals surface area contributed by atoms with Crippen LogP contribution >= 0.6 is 0 Å². The van der Waals surface area contributed by atoms with Gasteiger partial charge in [-0.25, -0.2) is 4.68 Å². The minimum atomic E-state index is 0.743. The standard InChI is InChI=1S/C12H13N7/c1-9-10(7-14-16-9)6-13-11-2-4-12(5-3-11)19-8-15-17-18-19/h2-5,7-8,13H,6H2,1H3,(H,14,16). The molecule has 2 aromatic heterocycles. The van der Waals surface area contributed by atoms with Crippen molar-refractivity contribution in [3.8, 4) is 5.69 Å². The summed E-state index contributed by atoms with van der Waals surface area (Å²) in [5, 5.41) is 21.3. The fourth-order valence-corrected chi connectivity index (χ4v) is 1.76. The minimum Gasteiger partial charge on any atom is -0.381 e. The number of aromatic nitrogens is 6. The molecular formula is C12H13N7. The lowest BCUT2D eigenvalue weighted by Gasteiger charge is -2.06. The normalized spacial score (nSPS) is 10.6. The molecule has 7 heteroatoms. The molecule has 0 aliphatic carbocycles. The van der Waals surface area contributed by atoms with Gasteiger partial charge in [-0.3, -0.25) is 5.10 Å². The van der Waals surface area contributed by atoms with Gasteiger partial charge in [0.2, 0.25) is 0 Å². The summed E-state index contributed by atoms with van der Waals surface area (Å²) in [6.07, 6.45) is 3.40. The summed E-state index contributed by atoms with van der Waals surface area (Å²) in [5.41, 5.74) is 4.20. The van der Waals surface area contributed by atoms with Crippen LogP contribution in [0, 0.1) is 6.92 Å². The minimum absolute atomic E-state index is 0.743. The van der Waals surface area contributed by atoms with Crippen LogP contribution in [0.5, 0.6) is 0 Å². The number of tetrazole rings is 1. The molecule has 96 valence electrons. The Hall–Kier alpha value is -2.70. The number of hydrogen-bond acceptors (Lipinski definition) is 5. The Labute approximate surface area is 109 Å². The van der Waals surface area contributed by atoms with Crippen molar-refractivity contribution in [3.05, 3.63) is 48.0 Å². The number of H-pyrrole nitrogens is 1. The Morgan fingerprint density at radius 2 is 2.11 bits per heavy atom. The molecular weight excluding hydrogens is 242 g/mol. The van der Waals surface area contributed by atoms with E-state index in [1.165, 1.54) is 0 Å². The lowest BCUT2D eigenvalue weighted by molar-refractivity contribution is 0.789. The number of anilines is 1. The number of aryl methyl sites for hydroxylation is 1. The summed E-state index contributed by atoms with van der Waals surface area (Å²) in [6, 6.07) is 7.90. The van der Waals surface area contributed by atoms with Crippen LogP contribution in [0.25, 0.3) is 5.69 Å². The van der Waals surface area contributed by atoms with E-state index < -0.39 is 0 Å². The van der Waals surface area contributed by atoms with Crippen LogP contribution in [0.2, 0.25) is 0 Å². The highest BCUT2D eigenvalue weighted by Gasteiger charge is 2.01. The van der Waals surface area contributed by atoms with E-state index in [1.807, 2.05) is 37.4 Å². The van der Waals surface area contributed by atoms with Crippen LogP contribution < -0.4 is 5.32 Å². The van der Waals surface area contributed by atoms with Crippen molar-refractivity contribution in [2.45, 2.75) is 13.5 Å². The lowest BCUT2D eigenvalue weighted by Crippen LogP contribution is -2.00. The van der Waals surface area contributed by atoms with Crippen molar-refractivity contribution in [1.29, 1.82) is 0 Å². The molecule has 7 nitrogen and oxygen atoms in total.